The molecule has 0 bridgehead atoms. The van der Waals surface area contributed by atoms with Crippen LogP contribution < -0.4 is 0 Å². The lowest BCUT2D eigenvalue weighted by Crippen LogP contribution is -2.03. The van der Waals surface area contributed by atoms with Crippen LogP contribution in [0.2, 0.25) is 0 Å². The van der Waals surface area contributed by atoms with Crippen molar-refractivity contribution in [3.8, 4) is 0 Å². The van der Waals surface area contributed by atoms with Gasteiger partial charge in [0.2, 0.25) is 0 Å². The van der Waals surface area contributed by atoms with Crippen molar-refractivity contribution in [1.82, 2.24) is 0 Å². The van der Waals surface area contributed by atoms with Crippen LogP contribution in [-0.2, 0) is 13.6 Å². The maximum absolute atomic E-state index is 11.5. The summed E-state index contributed by atoms with van der Waals surface area (Å²) in [5, 5.41) is 0. The van der Waals surface area contributed by atoms with E-state index in [9.17, 15) is 4.57 Å². The van der Waals surface area contributed by atoms with Gasteiger partial charge in [-0.25, -0.2) is 0 Å². The first kappa shape index (κ1) is 18.1. The van der Waals surface area contributed by atoms with E-state index in [4.69, 9.17) is 9.05 Å². The molecule has 0 saturated carbocycles. The van der Waals surface area contributed by atoms with E-state index in [1.54, 1.807) is 0 Å². The summed E-state index contributed by atoms with van der Waals surface area (Å²) in [6.45, 7) is 9.86. The van der Waals surface area contributed by atoms with Gasteiger partial charge in [0, 0.05) is 0 Å². The molecule has 0 rings (SSSR count). The van der Waals surface area contributed by atoms with Gasteiger partial charge in [0.25, 0.3) is 0 Å². The number of hydrogen-bond acceptors (Lipinski definition) is 3. The Labute approximate surface area is 114 Å². The third-order valence-corrected chi connectivity index (χ3v) is 4.68. The Morgan fingerprint density at radius 2 is 1.11 bits per heavy atom. The molecular formula is C14H31O3P. The largest absolute Gasteiger partial charge is 0.319 e. The van der Waals surface area contributed by atoms with Crippen LogP contribution in [0.25, 0.3) is 0 Å². The zero-order valence-corrected chi connectivity index (χ0v) is 13.5. The summed E-state index contributed by atoms with van der Waals surface area (Å²) in [5.41, 5.74) is 0. The highest BCUT2D eigenvalue weighted by Crippen LogP contribution is 2.26. The molecule has 0 amide bonds. The van der Waals surface area contributed by atoms with Gasteiger partial charge in [0.05, 0.1) is 13.2 Å². The average molecular weight is 278 g/mol. The average Bonchev–Trinajstić information content (AvgIpc) is 2.40. The Balaban J connectivity index is 3.54. The van der Waals surface area contributed by atoms with Gasteiger partial charge in [-0.05, 0) is 24.7 Å². The lowest BCUT2D eigenvalue weighted by atomic mass is 10.0. The Kier molecular flexibility index (Phi) is 12.3. The van der Waals surface area contributed by atoms with Gasteiger partial charge in [0.15, 0.2) is 0 Å². The van der Waals surface area contributed by atoms with Crippen LogP contribution in [0.3, 0.4) is 0 Å². The quantitative estimate of drug-likeness (QED) is 0.468. The highest BCUT2D eigenvalue weighted by molar-refractivity contribution is 7.33. The molecule has 110 valence electrons. The molecule has 18 heavy (non-hydrogen) atoms. The van der Waals surface area contributed by atoms with Crippen molar-refractivity contribution in [2.75, 3.05) is 13.2 Å². The molecule has 0 aromatic rings. The van der Waals surface area contributed by atoms with Crippen molar-refractivity contribution >= 4 is 8.25 Å². The fourth-order valence-electron chi connectivity index (χ4n) is 2.05. The standard InChI is InChI=1S/C14H31O3P/c1-5-13(6-2)9-11-16-18(15)17-12-10-14(7-3)8-4/h13-14,18H,5-12H2,1-4H3. The third kappa shape index (κ3) is 9.13. The van der Waals surface area contributed by atoms with Crippen LogP contribution in [0, 0.1) is 11.8 Å². The van der Waals surface area contributed by atoms with E-state index >= 15 is 0 Å². The minimum absolute atomic E-state index is 0.565. The predicted molar refractivity (Wildman–Crippen MR) is 78.3 cm³/mol. The van der Waals surface area contributed by atoms with Crippen molar-refractivity contribution in [3.05, 3.63) is 0 Å². The summed E-state index contributed by atoms with van der Waals surface area (Å²) in [6.07, 6.45) is 6.62. The van der Waals surface area contributed by atoms with Crippen LogP contribution >= 0.6 is 8.25 Å². The normalized spacial score (nSPS) is 11.9. The molecule has 3 nitrogen and oxygen atoms in total. The molecule has 0 N–H and O–H groups in total. The smallest absolute Gasteiger partial charge is 0.311 e. The monoisotopic (exact) mass is 278 g/mol. The van der Waals surface area contributed by atoms with Gasteiger partial charge in [-0.2, -0.15) is 0 Å². The molecule has 0 fully saturated rings. The van der Waals surface area contributed by atoms with Crippen LogP contribution in [0.4, 0.5) is 0 Å². The highest BCUT2D eigenvalue weighted by Gasteiger charge is 2.07. The summed E-state index contributed by atoms with van der Waals surface area (Å²) >= 11 is 0. The second kappa shape index (κ2) is 12.2. The van der Waals surface area contributed by atoms with Crippen molar-refractivity contribution in [1.29, 1.82) is 0 Å². The van der Waals surface area contributed by atoms with E-state index in [0.717, 1.165) is 38.5 Å². The van der Waals surface area contributed by atoms with Crippen LogP contribution in [0.1, 0.15) is 66.2 Å². The van der Waals surface area contributed by atoms with E-state index in [1.807, 2.05) is 0 Å². The van der Waals surface area contributed by atoms with E-state index in [2.05, 4.69) is 27.7 Å². The summed E-state index contributed by atoms with van der Waals surface area (Å²) in [6, 6.07) is 0. The Morgan fingerprint density at radius 1 is 0.778 bits per heavy atom. The second-order valence-corrected chi connectivity index (χ2v) is 5.97. The van der Waals surface area contributed by atoms with Crippen molar-refractivity contribution in [3.63, 3.8) is 0 Å². The Bertz CT molecular complexity index is 181. The molecule has 0 spiro atoms. The molecule has 0 aliphatic heterocycles. The first-order valence-corrected chi connectivity index (χ1v) is 8.69. The molecule has 0 saturated heterocycles. The van der Waals surface area contributed by atoms with Crippen molar-refractivity contribution < 1.29 is 13.6 Å². The maximum atomic E-state index is 11.5. The van der Waals surface area contributed by atoms with Crippen molar-refractivity contribution in [2.45, 2.75) is 66.2 Å². The van der Waals surface area contributed by atoms with E-state index in [-0.39, 0.29) is 0 Å². The summed E-state index contributed by atoms with van der Waals surface area (Å²) < 4.78 is 22.0. The maximum Gasteiger partial charge on any atom is 0.319 e. The van der Waals surface area contributed by atoms with Gasteiger partial charge in [-0.15, -0.1) is 0 Å². The van der Waals surface area contributed by atoms with Crippen LogP contribution in [0.5, 0.6) is 0 Å². The zero-order chi connectivity index (χ0) is 13.8. The zero-order valence-electron chi connectivity index (χ0n) is 12.5. The molecule has 0 aliphatic rings. The second-order valence-electron chi connectivity index (χ2n) is 4.89. The fraction of sp³-hybridized carbons (Fsp3) is 1.00. The lowest BCUT2D eigenvalue weighted by Gasteiger charge is -2.13. The summed E-state index contributed by atoms with van der Waals surface area (Å²) in [7, 11) is -2.26. The van der Waals surface area contributed by atoms with Gasteiger partial charge >= 0.3 is 8.25 Å². The molecule has 0 aromatic heterocycles. The van der Waals surface area contributed by atoms with Gasteiger partial charge in [-0.1, -0.05) is 53.4 Å². The van der Waals surface area contributed by atoms with Gasteiger partial charge in [-0.3, -0.25) is 4.57 Å². The molecule has 0 heterocycles. The minimum atomic E-state index is -2.26. The third-order valence-electron chi connectivity index (χ3n) is 3.80. The Hall–Kier alpha value is 0.150. The van der Waals surface area contributed by atoms with Gasteiger partial charge in [0.1, 0.15) is 0 Å². The van der Waals surface area contributed by atoms with Crippen LogP contribution in [-0.4, -0.2) is 13.2 Å². The highest BCUT2D eigenvalue weighted by atomic mass is 31.1. The van der Waals surface area contributed by atoms with E-state index < -0.39 is 8.25 Å². The predicted octanol–water partition coefficient (Wildman–Crippen LogP) is 5.06. The summed E-state index contributed by atoms with van der Waals surface area (Å²) in [4.78, 5) is 0. The Morgan fingerprint density at radius 3 is 1.39 bits per heavy atom. The molecule has 0 unspecified atom stereocenters. The van der Waals surface area contributed by atoms with Crippen LogP contribution in [0.15, 0.2) is 0 Å². The van der Waals surface area contributed by atoms with Crippen molar-refractivity contribution in [2.24, 2.45) is 11.8 Å². The topological polar surface area (TPSA) is 35.5 Å². The van der Waals surface area contributed by atoms with E-state index in [0.29, 0.717) is 25.0 Å². The first-order valence-electron chi connectivity index (χ1n) is 7.47. The molecule has 0 aromatic carbocycles. The van der Waals surface area contributed by atoms with Gasteiger partial charge < -0.3 is 9.05 Å². The molecule has 0 atom stereocenters. The lowest BCUT2D eigenvalue weighted by molar-refractivity contribution is 0.199. The number of rotatable bonds is 12. The fourth-order valence-corrected chi connectivity index (χ4v) is 2.71. The minimum Gasteiger partial charge on any atom is -0.311 e. The summed E-state index contributed by atoms with van der Waals surface area (Å²) in [5.74, 6) is 1.37. The molecule has 4 heteroatoms. The van der Waals surface area contributed by atoms with E-state index in [1.165, 1.54) is 0 Å². The molecule has 0 aliphatic carbocycles. The first-order chi connectivity index (χ1) is 8.67. The SMILES string of the molecule is CCC(CC)CCO[PH](=O)OCCC(CC)CC. The molecule has 0 radical (unpaired) electrons. The number of hydrogen-bond donors (Lipinski definition) is 0. The molecular weight excluding hydrogens is 247 g/mol.